The molecule has 0 aliphatic heterocycles. The first-order valence-corrected chi connectivity index (χ1v) is 9.14. The van der Waals surface area contributed by atoms with Crippen molar-refractivity contribution >= 4 is 16.7 Å². The van der Waals surface area contributed by atoms with E-state index in [1.807, 2.05) is 73.7 Å². The number of fused-ring (bicyclic) bond motifs is 1. The summed E-state index contributed by atoms with van der Waals surface area (Å²) < 4.78 is 11.7. The first-order chi connectivity index (χ1) is 13.7. The van der Waals surface area contributed by atoms with Crippen molar-refractivity contribution in [1.82, 2.24) is 5.32 Å². The van der Waals surface area contributed by atoms with Crippen molar-refractivity contribution in [3.8, 4) is 17.6 Å². The topological polar surface area (TPSA) is 71.3 Å². The van der Waals surface area contributed by atoms with Crippen LogP contribution in [0.1, 0.15) is 17.5 Å². The number of rotatable bonds is 8. The lowest BCUT2D eigenvalue weighted by atomic mass is 10.0. The van der Waals surface area contributed by atoms with E-state index in [0.29, 0.717) is 25.5 Å². The molecule has 5 heteroatoms. The van der Waals surface area contributed by atoms with Gasteiger partial charge in [-0.3, -0.25) is 4.79 Å². The molecule has 0 saturated heterocycles. The normalized spacial score (nSPS) is 10.3. The van der Waals surface area contributed by atoms with E-state index in [0.717, 1.165) is 27.6 Å². The lowest BCUT2D eigenvalue weighted by molar-refractivity contribution is -0.120. The van der Waals surface area contributed by atoms with Crippen LogP contribution in [0, 0.1) is 18.3 Å². The second-order valence-electron chi connectivity index (χ2n) is 6.34. The van der Waals surface area contributed by atoms with Gasteiger partial charge < -0.3 is 14.8 Å². The monoisotopic (exact) mass is 374 g/mol. The standard InChI is InChI=1S/C23H22N2O3/c1-17-6-2-5-9-21(17)27-14-15-28-22-11-10-18-7-3-4-8-19(18)20(22)16-25-23(26)12-13-24/h2-11H,12,14-16H2,1H3,(H,25,26). The zero-order valence-electron chi connectivity index (χ0n) is 15.8. The molecule has 0 bridgehead atoms. The van der Waals surface area contributed by atoms with Gasteiger partial charge in [0.2, 0.25) is 5.91 Å². The smallest absolute Gasteiger partial charge is 0.234 e. The summed E-state index contributed by atoms with van der Waals surface area (Å²) in [6.45, 7) is 3.10. The molecule has 0 atom stereocenters. The molecular formula is C23H22N2O3. The zero-order valence-corrected chi connectivity index (χ0v) is 15.8. The van der Waals surface area contributed by atoms with Gasteiger partial charge in [-0.1, -0.05) is 48.5 Å². The fraction of sp³-hybridized carbons (Fsp3) is 0.217. The third kappa shape index (κ3) is 4.80. The van der Waals surface area contributed by atoms with Crippen molar-refractivity contribution in [2.45, 2.75) is 19.9 Å². The number of nitriles is 1. The summed E-state index contributed by atoms with van der Waals surface area (Å²) in [6.07, 6.45) is -0.161. The molecule has 0 spiro atoms. The highest BCUT2D eigenvalue weighted by molar-refractivity contribution is 5.88. The Morgan fingerprint density at radius 2 is 1.68 bits per heavy atom. The Bertz CT molecular complexity index is 1010. The summed E-state index contributed by atoms with van der Waals surface area (Å²) in [5.74, 6) is 1.24. The van der Waals surface area contributed by atoms with Gasteiger partial charge in [0.1, 0.15) is 31.1 Å². The number of carbonyl (C=O) groups is 1. The van der Waals surface area contributed by atoms with Crippen molar-refractivity contribution in [1.29, 1.82) is 5.26 Å². The maximum atomic E-state index is 11.7. The summed E-state index contributed by atoms with van der Waals surface area (Å²) in [6, 6.07) is 21.5. The van der Waals surface area contributed by atoms with E-state index in [1.165, 1.54) is 0 Å². The lowest BCUT2D eigenvalue weighted by Gasteiger charge is -2.15. The van der Waals surface area contributed by atoms with E-state index in [2.05, 4.69) is 5.32 Å². The molecule has 1 amide bonds. The summed E-state index contributed by atoms with van der Waals surface area (Å²) in [5, 5.41) is 13.5. The van der Waals surface area contributed by atoms with Crippen LogP contribution in [0.25, 0.3) is 10.8 Å². The summed E-state index contributed by atoms with van der Waals surface area (Å²) >= 11 is 0. The van der Waals surface area contributed by atoms with Gasteiger partial charge in [-0.2, -0.15) is 5.26 Å². The number of amides is 1. The molecule has 0 radical (unpaired) electrons. The van der Waals surface area contributed by atoms with Crippen LogP contribution in [-0.2, 0) is 11.3 Å². The Morgan fingerprint density at radius 1 is 0.964 bits per heavy atom. The van der Waals surface area contributed by atoms with E-state index in [9.17, 15) is 4.79 Å². The molecule has 28 heavy (non-hydrogen) atoms. The van der Waals surface area contributed by atoms with E-state index < -0.39 is 0 Å². The Hall–Kier alpha value is -3.52. The highest BCUT2D eigenvalue weighted by Crippen LogP contribution is 2.28. The van der Waals surface area contributed by atoms with Crippen LogP contribution in [0.3, 0.4) is 0 Å². The molecule has 0 fully saturated rings. The van der Waals surface area contributed by atoms with Crippen molar-refractivity contribution in [3.05, 3.63) is 71.8 Å². The highest BCUT2D eigenvalue weighted by Gasteiger charge is 2.11. The fourth-order valence-electron chi connectivity index (χ4n) is 2.98. The number of hydrogen-bond donors (Lipinski definition) is 1. The van der Waals surface area contributed by atoms with Crippen molar-refractivity contribution in [2.24, 2.45) is 0 Å². The molecule has 0 unspecified atom stereocenters. The van der Waals surface area contributed by atoms with Gasteiger partial charge in [0, 0.05) is 12.1 Å². The number of nitrogens with one attached hydrogen (secondary N) is 1. The first-order valence-electron chi connectivity index (χ1n) is 9.14. The van der Waals surface area contributed by atoms with Gasteiger partial charge in [-0.25, -0.2) is 0 Å². The Morgan fingerprint density at radius 3 is 2.46 bits per heavy atom. The Balaban J connectivity index is 1.70. The molecule has 0 saturated carbocycles. The van der Waals surface area contributed by atoms with Crippen molar-refractivity contribution in [3.63, 3.8) is 0 Å². The molecular weight excluding hydrogens is 352 g/mol. The minimum absolute atomic E-state index is 0.161. The van der Waals surface area contributed by atoms with Crippen molar-refractivity contribution < 1.29 is 14.3 Å². The third-order valence-electron chi connectivity index (χ3n) is 4.39. The molecule has 0 aliphatic rings. The highest BCUT2D eigenvalue weighted by atomic mass is 16.5. The van der Waals surface area contributed by atoms with Gasteiger partial charge in [0.05, 0.1) is 6.07 Å². The van der Waals surface area contributed by atoms with E-state index in [4.69, 9.17) is 14.7 Å². The SMILES string of the molecule is Cc1ccccc1OCCOc1ccc2ccccc2c1CNC(=O)CC#N. The van der Waals surface area contributed by atoms with Crippen LogP contribution in [-0.4, -0.2) is 19.1 Å². The molecule has 1 N–H and O–H groups in total. The predicted octanol–water partition coefficient (Wildman–Crippen LogP) is 4.14. The second kappa shape index (κ2) is 9.43. The number of benzene rings is 3. The van der Waals surface area contributed by atoms with Gasteiger partial charge in [-0.05, 0) is 35.4 Å². The third-order valence-corrected chi connectivity index (χ3v) is 4.39. The molecule has 3 rings (SSSR count). The molecule has 3 aromatic rings. The molecule has 3 aromatic carbocycles. The number of para-hydroxylation sites is 1. The minimum atomic E-state index is -0.302. The molecule has 0 aromatic heterocycles. The van der Waals surface area contributed by atoms with Crippen molar-refractivity contribution in [2.75, 3.05) is 13.2 Å². The van der Waals surface area contributed by atoms with Crippen LogP contribution in [0.15, 0.2) is 60.7 Å². The van der Waals surface area contributed by atoms with E-state index in [1.54, 1.807) is 0 Å². The lowest BCUT2D eigenvalue weighted by Crippen LogP contribution is -2.22. The summed E-state index contributed by atoms with van der Waals surface area (Å²) in [7, 11) is 0. The maximum Gasteiger partial charge on any atom is 0.234 e. The molecule has 0 heterocycles. The number of hydrogen-bond acceptors (Lipinski definition) is 4. The predicted molar refractivity (Wildman–Crippen MR) is 108 cm³/mol. The average Bonchev–Trinajstić information content (AvgIpc) is 2.71. The number of aryl methyl sites for hydroxylation is 1. The van der Waals surface area contributed by atoms with Crippen LogP contribution in [0.5, 0.6) is 11.5 Å². The molecule has 142 valence electrons. The number of nitrogens with zero attached hydrogens (tertiary/aromatic N) is 1. The van der Waals surface area contributed by atoms with Crippen LogP contribution < -0.4 is 14.8 Å². The van der Waals surface area contributed by atoms with Gasteiger partial charge in [-0.15, -0.1) is 0 Å². The zero-order chi connectivity index (χ0) is 19.8. The average molecular weight is 374 g/mol. The van der Waals surface area contributed by atoms with Crippen LogP contribution >= 0.6 is 0 Å². The fourth-order valence-corrected chi connectivity index (χ4v) is 2.98. The van der Waals surface area contributed by atoms with Gasteiger partial charge in [0.15, 0.2) is 0 Å². The minimum Gasteiger partial charge on any atom is -0.490 e. The van der Waals surface area contributed by atoms with Crippen LogP contribution in [0.4, 0.5) is 0 Å². The number of ether oxygens (including phenoxy) is 2. The van der Waals surface area contributed by atoms with Gasteiger partial charge >= 0.3 is 0 Å². The number of carbonyl (C=O) groups excluding carboxylic acids is 1. The van der Waals surface area contributed by atoms with E-state index >= 15 is 0 Å². The first kappa shape index (κ1) is 19.2. The maximum absolute atomic E-state index is 11.7. The Kier molecular flexibility index (Phi) is 6.48. The van der Waals surface area contributed by atoms with Crippen LogP contribution in [0.2, 0.25) is 0 Å². The largest absolute Gasteiger partial charge is 0.490 e. The van der Waals surface area contributed by atoms with E-state index in [-0.39, 0.29) is 12.3 Å². The molecule has 0 aliphatic carbocycles. The summed E-state index contributed by atoms with van der Waals surface area (Å²) in [5.41, 5.74) is 1.97. The second-order valence-corrected chi connectivity index (χ2v) is 6.34. The Labute approximate surface area is 164 Å². The van der Waals surface area contributed by atoms with Gasteiger partial charge in [0.25, 0.3) is 0 Å². The molecule has 5 nitrogen and oxygen atoms in total. The summed E-state index contributed by atoms with van der Waals surface area (Å²) in [4.78, 5) is 11.7. The quantitative estimate of drug-likeness (QED) is 0.602.